The molecule has 266 valence electrons. The summed E-state index contributed by atoms with van der Waals surface area (Å²) < 4.78 is 25.2. The second-order valence-electron chi connectivity index (χ2n) is 12.8. The minimum Gasteiger partial charge on any atom is -0.485 e. The standard InChI is InChI=1S/C40H42N2O6S3/c1-3-5-7-9-11-30-33-34(46-18-17-45-33)38(50-30)39-36-35(47-19-20-48-36)37(51-39)26-13-15-29-32(23-26)49-31-22-25(21-27(24-41)40(43)44)12-14-28(31)42(29)16-10-8-6-4-2/h12-15,21-23H,3-11,16-20H2,1-2H3,(H,43,44)/b27-21+. The van der Waals surface area contributed by atoms with E-state index in [-0.39, 0.29) is 5.57 Å². The van der Waals surface area contributed by atoms with Gasteiger partial charge in [0.2, 0.25) is 0 Å². The number of anilines is 2. The smallest absolute Gasteiger partial charge is 0.346 e. The lowest BCUT2D eigenvalue weighted by Crippen LogP contribution is -2.22. The van der Waals surface area contributed by atoms with E-state index in [4.69, 9.17) is 18.9 Å². The number of hydrogen-bond acceptors (Lipinski definition) is 10. The van der Waals surface area contributed by atoms with Gasteiger partial charge in [0.05, 0.1) is 30.9 Å². The molecule has 1 N–H and O–H groups in total. The van der Waals surface area contributed by atoms with E-state index in [9.17, 15) is 15.2 Å². The number of aryl methyl sites for hydroxylation is 1. The van der Waals surface area contributed by atoms with Crippen molar-refractivity contribution in [3.8, 4) is 49.3 Å². The van der Waals surface area contributed by atoms with Crippen LogP contribution >= 0.6 is 34.4 Å². The number of thiophene rings is 2. The van der Waals surface area contributed by atoms with Crippen LogP contribution in [0.1, 0.15) is 75.7 Å². The lowest BCUT2D eigenvalue weighted by Gasteiger charge is -2.33. The molecule has 0 amide bonds. The summed E-state index contributed by atoms with van der Waals surface area (Å²) in [6.45, 7) is 7.37. The first kappa shape index (κ1) is 35.3. The molecule has 0 fully saturated rings. The summed E-state index contributed by atoms with van der Waals surface area (Å²) in [6.07, 6.45) is 11.7. The zero-order chi connectivity index (χ0) is 35.3. The fourth-order valence-corrected chi connectivity index (χ4v) is 10.4. The van der Waals surface area contributed by atoms with Gasteiger partial charge in [-0.3, -0.25) is 0 Å². The minimum absolute atomic E-state index is 0.289. The van der Waals surface area contributed by atoms with E-state index in [1.165, 1.54) is 43.1 Å². The van der Waals surface area contributed by atoms with Crippen molar-refractivity contribution in [3.63, 3.8) is 0 Å². The Kier molecular flexibility index (Phi) is 11.1. The molecule has 3 aliphatic heterocycles. The molecule has 3 aliphatic rings. The Hall–Kier alpha value is -4.11. The maximum absolute atomic E-state index is 11.6. The number of nitrogens with zero attached hydrogens (tertiary/aromatic N) is 2. The van der Waals surface area contributed by atoms with Crippen molar-refractivity contribution >= 4 is 57.9 Å². The third kappa shape index (κ3) is 7.32. The molecular formula is C40H42N2O6S3. The Morgan fingerprint density at radius 2 is 1.39 bits per heavy atom. The van der Waals surface area contributed by atoms with Crippen LogP contribution in [0.5, 0.6) is 23.0 Å². The summed E-state index contributed by atoms with van der Waals surface area (Å²) in [5.41, 5.74) is 3.68. The summed E-state index contributed by atoms with van der Waals surface area (Å²) in [7, 11) is 0. The first-order valence-electron chi connectivity index (χ1n) is 17.9. The van der Waals surface area contributed by atoms with Crippen molar-refractivity contribution in [2.45, 2.75) is 81.4 Å². The first-order valence-corrected chi connectivity index (χ1v) is 20.4. The minimum atomic E-state index is -1.23. The van der Waals surface area contributed by atoms with E-state index in [1.807, 2.05) is 18.2 Å². The number of carboxylic acids is 1. The molecule has 2 aromatic heterocycles. The van der Waals surface area contributed by atoms with E-state index in [2.05, 4.69) is 36.9 Å². The normalized spacial score (nSPS) is 14.5. The van der Waals surface area contributed by atoms with Crippen LogP contribution in [0.15, 0.2) is 51.8 Å². The van der Waals surface area contributed by atoms with Crippen LogP contribution in [-0.2, 0) is 11.2 Å². The van der Waals surface area contributed by atoms with Gasteiger partial charge < -0.3 is 29.0 Å². The number of nitriles is 1. The molecule has 4 aromatic rings. The Bertz CT molecular complexity index is 1990. The van der Waals surface area contributed by atoms with Gasteiger partial charge in [0.15, 0.2) is 23.0 Å². The Morgan fingerprint density at radius 3 is 2.08 bits per heavy atom. The highest BCUT2D eigenvalue weighted by Gasteiger charge is 2.33. The molecule has 0 spiro atoms. The van der Waals surface area contributed by atoms with Crippen molar-refractivity contribution in [1.82, 2.24) is 0 Å². The van der Waals surface area contributed by atoms with Crippen LogP contribution in [0.2, 0.25) is 0 Å². The van der Waals surface area contributed by atoms with Gasteiger partial charge in [-0.05, 0) is 60.7 Å². The van der Waals surface area contributed by atoms with Crippen molar-refractivity contribution in [2.75, 3.05) is 37.9 Å². The molecule has 0 radical (unpaired) electrons. The molecule has 0 saturated carbocycles. The van der Waals surface area contributed by atoms with Gasteiger partial charge in [-0.2, -0.15) is 5.26 Å². The number of hydrogen-bond donors (Lipinski definition) is 1. The van der Waals surface area contributed by atoms with Gasteiger partial charge in [0.1, 0.15) is 38.1 Å². The molecule has 0 saturated heterocycles. The van der Waals surface area contributed by atoms with E-state index >= 15 is 0 Å². The van der Waals surface area contributed by atoms with Crippen molar-refractivity contribution < 1.29 is 28.8 Å². The van der Waals surface area contributed by atoms with Gasteiger partial charge in [0, 0.05) is 16.3 Å². The van der Waals surface area contributed by atoms with E-state index in [1.54, 1.807) is 40.5 Å². The van der Waals surface area contributed by atoms with Crippen molar-refractivity contribution in [2.24, 2.45) is 0 Å². The third-order valence-electron chi connectivity index (χ3n) is 9.23. The van der Waals surface area contributed by atoms with Crippen LogP contribution in [0, 0.1) is 11.3 Å². The number of fused-ring (bicyclic) bond motifs is 4. The lowest BCUT2D eigenvalue weighted by atomic mass is 10.1. The summed E-state index contributed by atoms with van der Waals surface area (Å²) in [6, 6.07) is 14.3. The monoisotopic (exact) mass is 742 g/mol. The number of carboxylic acid groups (broad SMARTS) is 1. The summed E-state index contributed by atoms with van der Waals surface area (Å²) in [4.78, 5) is 20.4. The zero-order valence-electron chi connectivity index (χ0n) is 29.0. The molecule has 0 atom stereocenters. The predicted molar refractivity (Wildman–Crippen MR) is 206 cm³/mol. The summed E-state index contributed by atoms with van der Waals surface area (Å²) in [5, 5.41) is 18.8. The molecule has 11 heteroatoms. The highest BCUT2D eigenvalue weighted by atomic mass is 32.2. The zero-order valence-corrected chi connectivity index (χ0v) is 31.5. The molecule has 8 nitrogen and oxygen atoms in total. The second-order valence-corrected chi connectivity index (χ2v) is 16.0. The Balaban J connectivity index is 1.27. The lowest BCUT2D eigenvalue weighted by molar-refractivity contribution is -0.132. The molecule has 7 rings (SSSR count). The number of carbonyl (C=O) groups is 1. The summed E-state index contributed by atoms with van der Waals surface area (Å²) >= 11 is 5.10. The maximum Gasteiger partial charge on any atom is 0.346 e. The number of unbranched alkanes of at least 4 members (excludes halogenated alkanes) is 6. The van der Waals surface area contributed by atoms with Crippen LogP contribution in [-0.4, -0.2) is 44.0 Å². The van der Waals surface area contributed by atoms with Gasteiger partial charge in [-0.1, -0.05) is 76.3 Å². The number of rotatable bonds is 14. The number of ether oxygens (including phenoxy) is 4. The maximum atomic E-state index is 11.6. The van der Waals surface area contributed by atoms with Crippen LogP contribution < -0.4 is 23.8 Å². The average Bonchev–Trinajstić information content (AvgIpc) is 3.72. The number of aliphatic carboxylic acids is 1. The molecule has 0 aliphatic carbocycles. The topological polar surface area (TPSA) is 101 Å². The molecule has 2 aromatic carbocycles. The molecule has 5 heterocycles. The van der Waals surface area contributed by atoms with E-state index in [0.717, 1.165) is 96.6 Å². The highest BCUT2D eigenvalue weighted by Crippen LogP contribution is 2.60. The average molecular weight is 743 g/mol. The van der Waals surface area contributed by atoms with Crippen LogP contribution in [0.4, 0.5) is 11.4 Å². The Labute approximate surface area is 311 Å². The van der Waals surface area contributed by atoms with Crippen LogP contribution in [0.25, 0.3) is 26.3 Å². The Morgan fingerprint density at radius 1 is 0.784 bits per heavy atom. The van der Waals surface area contributed by atoms with Gasteiger partial charge >= 0.3 is 5.97 Å². The molecule has 51 heavy (non-hydrogen) atoms. The largest absolute Gasteiger partial charge is 0.485 e. The summed E-state index contributed by atoms with van der Waals surface area (Å²) in [5.74, 6) is 2.03. The van der Waals surface area contributed by atoms with E-state index < -0.39 is 5.97 Å². The highest BCUT2D eigenvalue weighted by molar-refractivity contribution is 7.99. The van der Waals surface area contributed by atoms with Crippen molar-refractivity contribution in [1.29, 1.82) is 5.26 Å². The van der Waals surface area contributed by atoms with E-state index in [0.29, 0.717) is 32.0 Å². The first-order chi connectivity index (χ1) is 25.0. The van der Waals surface area contributed by atoms with Gasteiger partial charge in [-0.25, -0.2) is 4.79 Å². The van der Waals surface area contributed by atoms with Crippen LogP contribution in [0.3, 0.4) is 0 Å². The molecule has 0 bridgehead atoms. The number of benzene rings is 2. The predicted octanol–water partition coefficient (Wildman–Crippen LogP) is 11.0. The van der Waals surface area contributed by atoms with Crippen molar-refractivity contribution in [3.05, 3.63) is 52.4 Å². The van der Waals surface area contributed by atoms with Gasteiger partial charge in [0.25, 0.3) is 0 Å². The molecule has 0 unspecified atom stereocenters. The quantitative estimate of drug-likeness (QED) is 0.0768. The SMILES string of the molecule is CCCCCCc1sc(-c2sc(-c3ccc4c(c3)Sc3cc(/C=C(\C#N)C(=O)O)ccc3N4CCCCCC)c3c2OCCO3)c2c1OCCO2. The fraction of sp³-hybridized carbons (Fsp3) is 0.400. The molecular weight excluding hydrogens is 701 g/mol. The fourth-order valence-electron chi connectivity index (χ4n) is 6.71. The van der Waals surface area contributed by atoms with Gasteiger partial charge in [-0.15, -0.1) is 22.7 Å². The second kappa shape index (κ2) is 16.1. The third-order valence-corrected chi connectivity index (χ3v) is 12.9.